The molecule has 0 saturated carbocycles. The zero-order valence-corrected chi connectivity index (χ0v) is 19.6. The summed E-state index contributed by atoms with van der Waals surface area (Å²) in [7, 11) is 2.94. The second-order valence-electron chi connectivity index (χ2n) is 9.93. The molecule has 0 N–H and O–H groups in total. The van der Waals surface area contributed by atoms with Crippen molar-refractivity contribution in [2.24, 2.45) is 5.41 Å². The van der Waals surface area contributed by atoms with Gasteiger partial charge in [0.05, 0.1) is 37.5 Å². The van der Waals surface area contributed by atoms with Crippen molar-refractivity contribution in [1.82, 2.24) is 4.90 Å². The molecule has 0 unspecified atom stereocenters. The van der Waals surface area contributed by atoms with Crippen molar-refractivity contribution >= 4 is 11.9 Å². The lowest BCUT2D eigenvalue weighted by Crippen LogP contribution is -2.48. The van der Waals surface area contributed by atoms with Gasteiger partial charge in [-0.2, -0.15) is 0 Å². The number of nitrogens with zero attached hydrogens (tertiary/aromatic N) is 1. The first-order chi connectivity index (χ1) is 15.8. The lowest BCUT2D eigenvalue weighted by Gasteiger charge is -2.39. The molecule has 3 aliphatic heterocycles. The maximum atomic E-state index is 13.3. The maximum absolute atomic E-state index is 13.3. The van der Waals surface area contributed by atoms with Crippen LogP contribution < -0.4 is 9.47 Å². The predicted octanol–water partition coefficient (Wildman–Crippen LogP) is 2.93. The molecule has 5 rings (SSSR count). The Morgan fingerprint density at radius 2 is 1.94 bits per heavy atom. The van der Waals surface area contributed by atoms with Crippen molar-refractivity contribution in [3.63, 3.8) is 0 Å². The van der Waals surface area contributed by atoms with Crippen LogP contribution in [0.5, 0.6) is 11.5 Å². The summed E-state index contributed by atoms with van der Waals surface area (Å²) in [5, 5.41) is 0. The molecular weight excluding hydrogens is 426 g/mol. The Bertz CT molecular complexity index is 1020. The SMILES string of the molecule is COC(=O)CC(C)(C)C(=O)O[C@@H]1C(OC)=C[C@]23CCCN2CCc2cc4c(cc2[C@H]13)OCO4. The van der Waals surface area contributed by atoms with Gasteiger partial charge in [0.1, 0.15) is 5.76 Å². The van der Waals surface area contributed by atoms with Crippen LogP contribution in [0.4, 0.5) is 0 Å². The van der Waals surface area contributed by atoms with Gasteiger partial charge in [0.2, 0.25) is 6.79 Å². The molecule has 4 aliphatic rings. The first-order valence-electron chi connectivity index (χ1n) is 11.5. The summed E-state index contributed by atoms with van der Waals surface area (Å²) in [4.78, 5) is 27.7. The number of rotatable bonds is 5. The van der Waals surface area contributed by atoms with Crippen molar-refractivity contribution in [3.05, 3.63) is 35.1 Å². The Hall–Kier alpha value is -2.74. The molecule has 0 bridgehead atoms. The summed E-state index contributed by atoms with van der Waals surface area (Å²) >= 11 is 0. The molecule has 1 aromatic rings. The Morgan fingerprint density at radius 3 is 2.67 bits per heavy atom. The molecule has 0 amide bonds. The topological polar surface area (TPSA) is 83.5 Å². The van der Waals surface area contributed by atoms with Crippen molar-refractivity contribution in [2.75, 3.05) is 34.1 Å². The van der Waals surface area contributed by atoms with E-state index in [4.69, 9.17) is 23.7 Å². The fourth-order valence-corrected chi connectivity index (χ4v) is 5.87. The van der Waals surface area contributed by atoms with Crippen molar-refractivity contribution < 1.29 is 33.3 Å². The number of benzene rings is 1. The quantitative estimate of drug-likeness (QED) is 0.624. The van der Waals surface area contributed by atoms with E-state index in [0.29, 0.717) is 5.76 Å². The fourth-order valence-electron chi connectivity index (χ4n) is 5.87. The third kappa shape index (κ3) is 3.46. The number of hydrogen-bond acceptors (Lipinski definition) is 8. The zero-order valence-electron chi connectivity index (χ0n) is 19.6. The number of methoxy groups -OCH3 is 2. The highest BCUT2D eigenvalue weighted by molar-refractivity contribution is 5.83. The van der Waals surface area contributed by atoms with Crippen LogP contribution in [0.1, 0.15) is 50.2 Å². The summed E-state index contributed by atoms with van der Waals surface area (Å²) in [5.41, 5.74) is 0.968. The molecule has 178 valence electrons. The molecule has 8 nitrogen and oxygen atoms in total. The molecule has 3 atom stereocenters. The van der Waals surface area contributed by atoms with E-state index in [1.807, 2.05) is 0 Å². The van der Waals surface area contributed by atoms with E-state index in [9.17, 15) is 9.59 Å². The van der Waals surface area contributed by atoms with Crippen LogP contribution >= 0.6 is 0 Å². The van der Waals surface area contributed by atoms with Gasteiger partial charge in [0, 0.05) is 6.54 Å². The molecule has 8 heteroatoms. The largest absolute Gasteiger partial charge is 0.497 e. The Balaban J connectivity index is 1.56. The fraction of sp³-hybridized carbons (Fsp3) is 0.600. The summed E-state index contributed by atoms with van der Waals surface area (Å²) in [6.07, 6.45) is 4.41. The molecule has 1 saturated heterocycles. The van der Waals surface area contributed by atoms with Crippen molar-refractivity contribution in [3.8, 4) is 11.5 Å². The van der Waals surface area contributed by atoms with E-state index in [1.54, 1.807) is 21.0 Å². The summed E-state index contributed by atoms with van der Waals surface area (Å²) < 4.78 is 28.1. The van der Waals surface area contributed by atoms with E-state index in [1.165, 1.54) is 12.7 Å². The van der Waals surface area contributed by atoms with E-state index in [0.717, 1.165) is 49.4 Å². The van der Waals surface area contributed by atoms with E-state index in [-0.39, 0.29) is 24.7 Å². The number of ether oxygens (including phenoxy) is 5. The number of carbonyl (C=O) groups is 2. The van der Waals surface area contributed by atoms with Gasteiger partial charge in [-0.1, -0.05) is 0 Å². The number of hydrogen-bond donors (Lipinski definition) is 0. The predicted molar refractivity (Wildman–Crippen MR) is 118 cm³/mol. The average molecular weight is 458 g/mol. The van der Waals surface area contributed by atoms with Crippen LogP contribution in [0, 0.1) is 5.41 Å². The zero-order chi connectivity index (χ0) is 23.4. The molecular formula is C25H31NO7. The summed E-state index contributed by atoms with van der Waals surface area (Å²) in [6.45, 7) is 5.51. The third-order valence-electron chi connectivity index (χ3n) is 7.56. The smallest absolute Gasteiger partial charge is 0.312 e. The van der Waals surface area contributed by atoms with Crippen LogP contribution in [0.2, 0.25) is 0 Å². The minimum absolute atomic E-state index is 0.0573. The van der Waals surface area contributed by atoms with Gasteiger partial charge < -0.3 is 23.7 Å². The first kappa shape index (κ1) is 22.1. The van der Waals surface area contributed by atoms with E-state index < -0.39 is 23.5 Å². The van der Waals surface area contributed by atoms with Gasteiger partial charge in [-0.3, -0.25) is 14.5 Å². The van der Waals surface area contributed by atoms with Gasteiger partial charge in [0.25, 0.3) is 0 Å². The maximum Gasteiger partial charge on any atom is 0.312 e. The van der Waals surface area contributed by atoms with E-state index in [2.05, 4.69) is 23.1 Å². The molecule has 0 aromatic heterocycles. The standard InChI is InChI=1S/C25H31NO7/c1-24(2,13-20(27)30-4)23(28)33-22-19(29-3)12-25-7-5-8-26(25)9-6-15-10-17-18(32-14-31-17)11-16(15)21(22)25/h10-12,21-22H,5-9,13-14H2,1-4H3/t21-,22-,25+/m1/s1. The molecule has 1 aromatic carbocycles. The number of esters is 2. The van der Waals surface area contributed by atoms with Crippen molar-refractivity contribution in [2.45, 2.75) is 57.1 Å². The van der Waals surface area contributed by atoms with Gasteiger partial charge in [-0.15, -0.1) is 0 Å². The Labute approximate surface area is 193 Å². The molecule has 0 radical (unpaired) electrons. The minimum Gasteiger partial charge on any atom is -0.497 e. The molecule has 1 aliphatic carbocycles. The van der Waals surface area contributed by atoms with Crippen LogP contribution in [0.15, 0.2) is 24.0 Å². The van der Waals surface area contributed by atoms with Gasteiger partial charge >= 0.3 is 11.9 Å². The van der Waals surface area contributed by atoms with Crippen LogP contribution in [0.3, 0.4) is 0 Å². The molecule has 3 heterocycles. The van der Waals surface area contributed by atoms with Crippen molar-refractivity contribution in [1.29, 1.82) is 0 Å². The summed E-state index contributed by atoms with van der Waals surface area (Å²) in [6, 6.07) is 4.12. The number of fused-ring (bicyclic) bond motifs is 3. The first-order valence-corrected chi connectivity index (χ1v) is 11.5. The minimum atomic E-state index is -1.03. The lowest BCUT2D eigenvalue weighted by molar-refractivity contribution is -0.165. The lowest BCUT2D eigenvalue weighted by atomic mass is 9.77. The third-order valence-corrected chi connectivity index (χ3v) is 7.56. The highest BCUT2D eigenvalue weighted by atomic mass is 16.7. The average Bonchev–Trinajstić information content (AvgIpc) is 3.47. The number of carbonyl (C=O) groups excluding carboxylic acids is 2. The van der Waals surface area contributed by atoms with Crippen LogP contribution in [-0.4, -0.2) is 62.6 Å². The molecule has 1 fully saturated rings. The second kappa shape index (κ2) is 7.94. The van der Waals surface area contributed by atoms with Crippen LogP contribution in [0.25, 0.3) is 0 Å². The normalized spacial score (nSPS) is 27.7. The highest BCUT2D eigenvalue weighted by Crippen LogP contribution is 2.55. The highest BCUT2D eigenvalue weighted by Gasteiger charge is 2.58. The van der Waals surface area contributed by atoms with Gasteiger partial charge in [-0.05, 0) is 69.0 Å². The monoisotopic (exact) mass is 457 g/mol. The van der Waals surface area contributed by atoms with Gasteiger partial charge in [-0.25, -0.2) is 0 Å². The molecule has 33 heavy (non-hydrogen) atoms. The summed E-state index contributed by atoms with van der Waals surface area (Å²) in [5.74, 6) is 1.10. The Morgan fingerprint density at radius 1 is 1.18 bits per heavy atom. The van der Waals surface area contributed by atoms with Crippen LogP contribution in [-0.2, 0) is 30.2 Å². The van der Waals surface area contributed by atoms with E-state index >= 15 is 0 Å². The van der Waals surface area contributed by atoms with Gasteiger partial charge in [0.15, 0.2) is 17.6 Å². The molecule has 1 spiro atoms. The Kier molecular flexibility index (Phi) is 5.31. The second-order valence-corrected chi connectivity index (χ2v) is 9.93.